The molecule has 6 heteroatoms. The first-order chi connectivity index (χ1) is 9.21. The lowest BCUT2D eigenvalue weighted by Gasteiger charge is -2.28. The molecule has 1 rings (SSSR count). The number of hydrogen-bond acceptors (Lipinski definition) is 3. The molecule has 2 atom stereocenters. The molecular weight excluding hydrogens is 258 g/mol. The molecule has 1 aliphatic rings. The van der Waals surface area contributed by atoms with E-state index in [-0.39, 0.29) is 6.04 Å². The fraction of sp³-hybridized carbons (Fsp3) is 0.857. The second-order valence-corrected chi connectivity index (χ2v) is 6.58. The van der Waals surface area contributed by atoms with E-state index in [4.69, 9.17) is 5.11 Å². The largest absolute Gasteiger partial charge is 0.480 e. The Morgan fingerprint density at radius 2 is 1.80 bits per heavy atom. The van der Waals surface area contributed by atoms with Gasteiger partial charge < -0.3 is 15.7 Å². The molecular formula is C14H27N3O3. The molecule has 3 N–H and O–H groups in total. The quantitative estimate of drug-likeness (QED) is 0.710. The van der Waals surface area contributed by atoms with Crippen LogP contribution in [0.4, 0.5) is 4.79 Å². The summed E-state index contributed by atoms with van der Waals surface area (Å²) in [5.41, 5.74) is -0.524. The number of urea groups is 1. The zero-order valence-corrected chi connectivity index (χ0v) is 12.9. The van der Waals surface area contributed by atoms with Gasteiger partial charge in [0.2, 0.25) is 0 Å². The first kappa shape index (κ1) is 16.8. The summed E-state index contributed by atoms with van der Waals surface area (Å²) in [6.07, 6.45) is 2.42. The zero-order valence-electron chi connectivity index (χ0n) is 12.9. The van der Waals surface area contributed by atoms with E-state index in [1.54, 1.807) is 20.8 Å². The summed E-state index contributed by atoms with van der Waals surface area (Å²) in [5.74, 6) is -1.01. The highest BCUT2D eigenvalue weighted by Crippen LogP contribution is 2.19. The average Bonchev–Trinajstić information content (AvgIpc) is 2.84. The van der Waals surface area contributed by atoms with Gasteiger partial charge in [-0.1, -0.05) is 20.8 Å². The molecule has 2 amide bonds. The number of carbonyl (C=O) groups excluding carboxylic acids is 1. The van der Waals surface area contributed by atoms with Gasteiger partial charge in [-0.15, -0.1) is 0 Å². The van der Waals surface area contributed by atoms with Gasteiger partial charge in [-0.2, -0.15) is 0 Å². The molecule has 0 saturated carbocycles. The fourth-order valence-electron chi connectivity index (χ4n) is 2.38. The van der Waals surface area contributed by atoms with E-state index >= 15 is 0 Å². The van der Waals surface area contributed by atoms with E-state index in [2.05, 4.69) is 22.5 Å². The average molecular weight is 285 g/mol. The Kier molecular flexibility index (Phi) is 5.80. The Morgan fingerprint density at radius 1 is 1.25 bits per heavy atom. The minimum absolute atomic E-state index is 0.279. The van der Waals surface area contributed by atoms with Gasteiger partial charge in [0.05, 0.1) is 0 Å². The van der Waals surface area contributed by atoms with Crippen molar-refractivity contribution < 1.29 is 14.7 Å². The van der Waals surface area contributed by atoms with Crippen molar-refractivity contribution in [2.24, 2.45) is 5.41 Å². The second-order valence-electron chi connectivity index (χ2n) is 6.58. The number of nitrogens with zero attached hydrogens (tertiary/aromatic N) is 1. The Labute approximate surface area is 120 Å². The van der Waals surface area contributed by atoms with Crippen molar-refractivity contribution in [3.05, 3.63) is 0 Å². The van der Waals surface area contributed by atoms with Gasteiger partial charge >= 0.3 is 12.0 Å². The Bertz CT molecular complexity index is 346. The van der Waals surface area contributed by atoms with Crippen molar-refractivity contribution in [1.82, 2.24) is 15.5 Å². The summed E-state index contributed by atoms with van der Waals surface area (Å²) < 4.78 is 0. The SMILES string of the molecule is CC(CNC(=O)N[C@H](C(=O)O)C(C)(C)C)N1CCCC1. The van der Waals surface area contributed by atoms with Crippen LogP contribution in [0, 0.1) is 5.41 Å². The van der Waals surface area contributed by atoms with E-state index in [1.807, 2.05) is 0 Å². The monoisotopic (exact) mass is 285 g/mol. The van der Waals surface area contributed by atoms with Crippen LogP contribution in [0.15, 0.2) is 0 Å². The molecule has 1 saturated heterocycles. The number of carboxylic acids is 1. The molecule has 0 aliphatic carbocycles. The molecule has 0 aromatic rings. The van der Waals surface area contributed by atoms with Crippen LogP contribution in [-0.2, 0) is 4.79 Å². The van der Waals surface area contributed by atoms with Gasteiger partial charge in [0, 0.05) is 12.6 Å². The number of likely N-dealkylation sites (tertiary alicyclic amines) is 1. The summed E-state index contributed by atoms with van der Waals surface area (Å²) in [4.78, 5) is 25.3. The highest BCUT2D eigenvalue weighted by atomic mass is 16.4. The molecule has 1 aliphatic heterocycles. The van der Waals surface area contributed by atoms with E-state index in [9.17, 15) is 9.59 Å². The van der Waals surface area contributed by atoms with Gasteiger partial charge in [-0.25, -0.2) is 9.59 Å². The third-order valence-electron chi connectivity index (χ3n) is 3.71. The van der Waals surface area contributed by atoms with Crippen LogP contribution >= 0.6 is 0 Å². The molecule has 116 valence electrons. The van der Waals surface area contributed by atoms with Crippen LogP contribution in [0.5, 0.6) is 0 Å². The Morgan fingerprint density at radius 3 is 2.25 bits per heavy atom. The maximum absolute atomic E-state index is 11.8. The highest BCUT2D eigenvalue weighted by Gasteiger charge is 2.32. The number of nitrogens with one attached hydrogen (secondary N) is 2. The van der Waals surface area contributed by atoms with Crippen LogP contribution in [0.2, 0.25) is 0 Å². The van der Waals surface area contributed by atoms with Crippen molar-refractivity contribution >= 4 is 12.0 Å². The summed E-state index contributed by atoms with van der Waals surface area (Å²) in [6, 6.07) is -1.04. The zero-order chi connectivity index (χ0) is 15.3. The van der Waals surface area contributed by atoms with Crippen LogP contribution in [0.3, 0.4) is 0 Å². The first-order valence-electron chi connectivity index (χ1n) is 7.23. The number of carboxylic acid groups (broad SMARTS) is 1. The molecule has 6 nitrogen and oxygen atoms in total. The van der Waals surface area contributed by atoms with Crippen molar-refractivity contribution in [3.8, 4) is 0 Å². The van der Waals surface area contributed by atoms with Gasteiger partial charge in [0.15, 0.2) is 0 Å². The molecule has 0 aromatic carbocycles. The third-order valence-corrected chi connectivity index (χ3v) is 3.71. The van der Waals surface area contributed by atoms with E-state index in [0.29, 0.717) is 6.54 Å². The summed E-state index contributed by atoms with van der Waals surface area (Å²) in [5, 5.41) is 14.5. The topological polar surface area (TPSA) is 81.7 Å². The molecule has 1 heterocycles. The molecule has 0 aromatic heterocycles. The lowest BCUT2D eigenvalue weighted by atomic mass is 9.87. The van der Waals surface area contributed by atoms with E-state index < -0.39 is 23.5 Å². The lowest BCUT2D eigenvalue weighted by molar-refractivity contribution is -0.141. The second kappa shape index (κ2) is 6.92. The van der Waals surface area contributed by atoms with Gasteiger partial charge in [-0.3, -0.25) is 4.90 Å². The number of carbonyl (C=O) groups is 2. The normalized spacial score (nSPS) is 19.4. The van der Waals surface area contributed by atoms with Crippen molar-refractivity contribution in [2.75, 3.05) is 19.6 Å². The molecule has 1 fully saturated rings. The number of rotatable bonds is 5. The minimum Gasteiger partial charge on any atom is -0.480 e. The van der Waals surface area contributed by atoms with Crippen LogP contribution in [-0.4, -0.2) is 53.7 Å². The van der Waals surface area contributed by atoms with E-state index in [0.717, 1.165) is 13.1 Å². The Balaban J connectivity index is 2.40. The molecule has 0 bridgehead atoms. The molecule has 0 spiro atoms. The van der Waals surface area contributed by atoms with Gasteiger partial charge in [-0.05, 0) is 38.3 Å². The lowest BCUT2D eigenvalue weighted by Crippen LogP contribution is -2.53. The number of amides is 2. The molecule has 1 unspecified atom stereocenters. The van der Waals surface area contributed by atoms with Crippen molar-refractivity contribution in [1.29, 1.82) is 0 Å². The first-order valence-corrected chi connectivity index (χ1v) is 7.23. The summed E-state index contributed by atoms with van der Waals surface area (Å²) >= 11 is 0. The van der Waals surface area contributed by atoms with E-state index in [1.165, 1.54) is 12.8 Å². The predicted molar refractivity (Wildman–Crippen MR) is 77.7 cm³/mol. The van der Waals surface area contributed by atoms with Crippen molar-refractivity contribution in [3.63, 3.8) is 0 Å². The summed E-state index contributed by atoms with van der Waals surface area (Å²) in [6.45, 7) is 10.1. The van der Waals surface area contributed by atoms with Gasteiger partial charge in [0.25, 0.3) is 0 Å². The van der Waals surface area contributed by atoms with Crippen LogP contribution < -0.4 is 10.6 Å². The minimum atomic E-state index is -1.01. The van der Waals surface area contributed by atoms with Gasteiger partial charge in [0.1, 0.15) is 6.04 Å². The maximum atomic E-state index is 11.8. The van der Waals surface area contributed by atoms with Crippen LogP contribution in [0.1, 0.15) is 40.5 Å². The number of aliphatic carboxylic acids is 1. The highest BCUT2D eigenvalue weighted by molar-refractivity contribution is 5.83. The molecule has 20 heavy (non-hydrogen) atoms. The van der Waals surface area contributed by atoms with Crippen LogP contribution in [0.25, 0.3) is 0 Å². The smallest absolute Gasteiger partial charge is 0.326 e. The maximum Gasteiger partial charge on any atom is 0.326 e. The number of hydrogen-bond donors (Lipinski definition) is 3. The fourth-order valence-corrected chi connectivity index (χ4v) is 2.38. The predicted octanol–water partition coefficient (Wildman–Crippen LogP) is 1.27. The standard InChI is InChI=1S/C14H27N3O3/c1-10(17-7-5-6-8-17)9-15-13(20)16-11(12(18)19)14(2,3)4/h10-11H,5-9H2,1-4H3,(H,18,19)(H2,15,16,20)/t10?,11-/m1/s1. The third kappa shape index (κ3) is 5.00. The Hall–Kier alpha value is -1.30. The molecule has 0 radical (unpaired) electrons. The summed E-state index contributed by atoms with van der Waals surface area (Å²) in [7, 11) is 0. The van der Waals surface area contributed by atoms with Crippen molar-refractivity contribution in [2.45, 2.75) is 52.6 Å².